The molecule has 0 aromatic carbocycles. The molecule has 5 heteroatoms. The summed E-state index contributed by atoms with van der Waals surface area (Å²) in [6, 6.07) is -0.225. The van der Waals surface area contributed by atoms with Crippen LogP contribution in [0.4, 0.5) is 4.79 Å². The topological polar surface area (TPSA) is 78.4 Å². The summed E-state index contributed by atoms with van der Waals surface area (Å²) in [5.41, 5.74) is 0.187. The van der Waals surface area contributed by atoms with Gasteiger partial charge in [-0.05, 0) is 24.7 Å². The highest BCUT2D eigenvalue weighted by molar-refractivity contribution is 5.77. The Kier molecular flexibility index (Phi) is 4.02. The van der Waals surface area contributed by atoms with Gasteiger partial charge in [-0.15, -0.1) is 0 Å². The largest absolute Gasteiger partial charge is 0.481 e. The van der Waals surface area contributed by atoms with Crippen LogP contribution in [-0.2, 0) is 4.79 Å². The molecule has 2 fully saturated rings. The molecule has 0 aromatic rings. The number of nitrogens with one attached hydrogen (secondary N) is 2. The molecule has 0 radical (unpaired) electrons. The quantitative estimate of drug-likeness (QED) is 0.686. The number of urea groups is 1. The fourth-order valence-electron chi connectivity index (χ4n) is 2.86. The Labute approximate surface area is 114 Å². The molecule has 2 rings (SSSR count). The first-order chi connectivity index (χ1) is 8.90. The van der Waals surface area contributed by atoms with Crippen LogP contribution in [0.25, 0.3) is 0 Å². The molecular weight excluding hydrogens is 244 g/mol. The van der Waals surface area contributed by atoms with E-state index in [2.05, 4.69) is 24.5 Å². The first-order valence-electron chi connectivity index (χ1n) is 7.20. The average molecular weight is 268 g/mol. The molecule has 0 saturated heterocycles. The van der Waals surface area contributed by atoms with Crippen molar-refractivity contribution in [2.45, 2.75) is 64.5 Å². The summed E-state index contributed by atoms with van der Waals surface area (Å²) in [7, 11) is 0. The van der Waals surface area contributed by atoms with Crippen molar-refractivity contribution >= 4 is 12.0 Å². The van der Waals surface area contributed by atoms with Crippen LogP contribution in [0.2, 0.25) is 0 Å². The van der Waals surface area contributed by atoms with Crippen molar-refractivity contribution in [3.8, 4) is 0 Å². The molecule has 2 amide bonds. The predicted octanol–water partition coefficient (Wildman–Crippen LogP) is 2.12. The molecule has 3 N–H and O–H groups in total. The SMILES string of the molecule is CC1(C)CC1NC(=O)NC1CCCCCC1C(=O)O. The van der Waals surface area contributed by atoms with Crippen LogP contribution in [0.1, 0.15) is 52.4 Å². The normalized spacial score (nSPS) is 33.1. The van der Waals surface area contributed by atoms with Gasteiger partial charge in [0.2, 0.25) is 0 Å². The Hall–Kier alpha value is -1.26. The highest BCUT2D eigenvalue weighted by atomic mass is 16.4. The van der Waals surface area contributed by atoms with Crippen LogP contribution in [0.15, 0.2) is 0 Å². The molecule has 19 heavy (non-hydrogen) atoms. The Morgan fingerprint density at radius 2 is 1.74 bits per heavy atom. The minimum absolute atomic E-state index is 0.187. The number of hydrogen-bond acceptors (Lipinski definition) is 2. The molecule has 2 aliphatic rings. The van der Waals surface area contributed by atoms with E-state index in [4.69, 9.17) is 0 Å². The van der Waals surface area contributed by atoms with Gasteiger partial charge in [-0.25, -0.2) is 4.79 Å². The molecule has 0 aromatic heterocycles. The molecular formula is C14H24N2O3. The second-order valence-electron chi connectivity index (χ2n) is 6.55. The zero-order valence-corrected chi connectivity index (χ0v) is 11.7. The van der Waals surface area contributed by atoms with Crippen LogP contribution in [0.3, 0.4) is 0 Å². The molecule has 0 spiro atoms. The monoisotopic (exact) mass is 268 g/mol. The maximum atomic E-state index is 11.9. The van der Waals surface area contributed by atoms with Crippen LogP contribution in [-0.4, -0.2) is 29.2 Å². The summed E-state index contributed by atoms with van der Waals surface area (Å²) in [6.07, 6.45) is 5.40. The van der Waals surface area contributed by atoms with E-state index in [1.165, 1.54) is 0 Å². The van der Waals surface area contributed by atoms with Crippen molar-refractivity contribution < 1.29 is 14.7 Å². The summed E-state index contributed by atoms with van der Waals surface area (Å²) in [5.74, 6) is -1.24. The lowest BCUT2D eigenvalue weighted by Crippen LogP contribution is -2.48. The van der Waals surface area contributed by atoms with Gasteiger partial charge in [0.1, 0.15) is 0 Å². The van der Waals surface area contributed by atoms with E-state index in [1.807, 2.05) is 0 Å². The van der Waals surface area contributed by atoms with Gasteiger partial charge < -0.3 is 15.7 Å². The van der Waals surface area contributed by atoms with Gasteiger partial charge >= 0.3 is 12.0 Å². The number of carbonyl (C=O) groups excluding carboxylic acids is 1. The highest BCUT2D eigenvalue weighted by Crippen LogP contribution is 2.44. The summed E-state index contributed by atoms with van der Waals surface area (Å²) in [4.78, 5) is 23.2. The molecule has 5 nitrogen and oxygen atoms in total. The van der Waals surface area contributed by atoms with Gasteiger partial charge in [0.25, 0.3) is 0 Å². The number of rotatable bonds is 3. The standard InChI is InChI=1S/C14H24N2O3/c1-14(2)8-11(14)16-13(19)15-10-7-5-3-4-6-9(10)12(17)18/h9-11H,3-8H2,1-2H3,(H,17,18)(H2,15,16,19). The zero-order chi connectivity index (χ0) is 14.0. The van der Waals surface area contributed by atoms with E-state index < -0.39 is 11.9 Å². The molecule has 2 saturated carbocycles. The second kappa shape index (κ2) is 5.39. The van der Waals surface area contributed by atoms with Gasteiger partial charge in [-0.3, -0.25) is 4.79 Å². The summed E-state index contributed by atoms with van der Waals surface area (Å²) >= 11 is 0. The third kappa shape index (κ3) is 3.61. The number of amides is 2. The Morgan fingerprint density at radius 1 is 1.11 bits per heavy atom. The van der Waals surface area contributed by atoms with Crippen LogP contribution in [0.5, 0.6) is 0 Å². The lowest BCUT2D eigenvalue weighted by molar-refractivity contribution is -0.142. The first-order valence-corrected chi connectivity index (χ1v) is 7.20. The minimum atomic E-state index is -0.793. The molecule has 108 valence electrons. The maximum Gasteiger partial charge on any atom is 0.315 e. The molecule has 3 unspecified atom stereocenters. The van der Waals surface area contributed by atoms with E-state index in [0.717, 1.165) is 32.1 Å². The van der Waals surface area contributed by atoms with Gasteiger partial charge in [-0.1, -0.05) is 33.1 Å². The van der Waals surface area contributed by atoms with E-state index in [-0.39, 0.29) is 23.5 Å². The van der Waals surface area contributed by atoms with E-state index in [9.17, 15) is 14.7 Å². The average Bonchev–Trinajstić information content (AvgIpc) is 2.95. The summed E-state index contributed by atoms with van der Waals surface area (Å²) in [5, 5.41) is 15.0. The van der Waals surface area contributed by atoms with E-state index >= 15 is 0 Å². The summed E-state index contributed by atoms with van der Waals surface area (Å²) in [6.45, 7) is 4.23. The molecule has 0 bridgehead atoms. The predicted molar refractivity (Wildman–Crippen MR) is 71.9 cm³/mol. The number of carboxylic acids is 1. The third-order valence-electron chi connectivity index (χ3n) is 4.47. The second-order valence-corrected chi connectivity index (χ2v) is 6.55. The van der Waals surface area contributed by atoms with Crippen molar-refractivity contribution in [2.75, 3.05) is 0 Å². The Morgan fingerprint density at radius 3 is 2.32 bits per heavy atom. The zero-order valence-electron chi connectivity index (χ0n) is 11.7. The fourth-order valence-corrected chi connectivity index (χ4v) is 2.86. The van der Waals surface area contributed by atoms with Crippen LogP contribution in [0, 0.1) is 11.3 Å². The van der Waals surface area contributed by atoms with Gasteiger partial charge in [0.05, 0.1) is 5.92 Å². The lowest BCUT2D eigenvalue weighted by Gasteiger charge is -2.23. The number of aliphatic carboxylic acids is 1. The van der Waals surface area contributed by atoms with E-state index in [1.54, 1.807) is 0 Å². The van der Waals surface area contributed by atoms with Crippen molar-refractivity contribution in [1.82, 2.24) is 10.6 Å². The Balaban J connectivity index is 1.87. The molecule has 0 heterocycles. The fraction of sp³-hybridized carbons (Fsp3) is 0.857. The smallest absolute Gasteiger partial charge is 0.315 e. The van der Waals surface area contributed by atoms with Gasteiger partial charge in [0, 0.05) is 12.1 Å². The lowest BCUT2D eigenvalue weighted by atomic mass is 9.95. The highest BCUT2D eigenvalue weighted by Gasteiger charge is 2.46. The van der Waals surface area contributed by atoms with Crippen LogP contribution >= 0.6 is 0 Å². The molecule has 0 aliphatic heterocycles. The van der Waals surface area contributed by atoms with E-state index in [0.29, 0.717) is 6.42 Å². The van der Waals surface area contributed by atoms with Crippen molar-refractivity contribution in [3.05, 3.63) is 0 Å². The third-order valence-corrected chi connectivity index (χ3v) is 4.47. The number of carbonyl (C=O) groups is 2. The Bertz CT molecular complexity index is 368. The first kappa shape index (κ1) is 14.2. The van der Waals surface area contributed by atoms with Crippen molar-refractivity contribution in [2.24, 2.45) is 11.3 Å². The van der Waals surface area contributed by atoms with Crippen molar-refractivity contribution in [1.29, 1.82) is 0 Å². The van der Waals surface area contributed by atoms with Gasteiger partial charge in [-0.2, -0.15) is 0 Å². The number of carboxylic acid groups (broad SMARTS) is 1. The molecule has 2 aliphatic carbocycles. The van der Waals surface area contributed by atoms with Crippen LogP contribution < -0.4 is 10.6 Å². The van der Waals surface area contributed by atoms with Crippen molar-refractivity contribution in [3.63, 3.8) is 0 Å². The minimum Gasteiger partial charge on any atom is -0.481 e. The number of hydrogen-bond donors (Lipinski definition) is 3. The summed E-state index contributed by atoms with van der Waals surface area (Å²) < 4.78 is 0. The maximum absolute atomic E-state index is 11.9. The van der Waals surface area contributed by atoms with Gasteiger partial charge in [0.15, 0.2) is 0 Å². The molecule has 3 atom stereocenters.